The minimum atomic E-state index is -4.27. The van der Waals surface area contributed by atoms with E-state index in [9.17, 15) is 32.7 Å². The molecule has 5 heterocycles. The Morgan fingerprint density at radius 2 is 1.69 bits per heavy atom. The number of nitrogens with zero attached hydrogens (tertiary/aromatic N) is 7. The van der Waals surface area contributed by atoms with Gasteiger partial charge in [-0.3, -0.25) is 28.9 Å². The molecule has 1 aliphatic carbocycles. The molecule has 332 valence electrons. The number of carbonyl (C=O) groups is 2. The molecular formula is C45H56F3N9O5. The van der Waals surface area contributed by atoms with Gasteiger partial charge in [0.1, 0.15) is 11.7 Å². The number of anilines is 1. The molecule has 0 unspecified atom stereocenters. The molecule has 14 nitrogen and oxygen atoms in total. The molecule has 0 spiro atoms. The number of piperidine rings is 1. The van der Waals surface area contributed by atoms with Crippen LogP contribution in [0.2, 0.25) is 0 Å². The molecule has 0 bridgehead atoms. The maximum Gasteiger partial charge on any atom is 0.390 e. The molecule has 62 heavy (non-hydrogen) atoms. The summed E-state index contributed by atoms with van der Waals surface area (Å²) in [7, 11) is 1.71. The van der Waals surface area contributed by atoms with Crippen LogP contribution in [-0.4, -0.2) is 115 Å². The first-order valence-corrected chi connectivity index (χ1v) is 21.9. The summed E-state index contributed by atoms with van der Waals surface area (Å²) in [6, 6.07) is 13.8. The quantitative estimate of drug-likeness (QED) is 0.0830. The van der Waals surface area contributed by atoms with E-state index in [2.05, 4.69) is 60.4 Å². The molecule has 3 aliphatic rings. The van der Waals surface area contributed by atoms with Crippen molar-refractivity contribution in [2.24, 2.45) is 7.05 Å². The van der Waals surface area contributed by atoms with E-state index in [1.54, 1.807) is 17.8 Å². The Morgan fingerprint density at radius 3 is 2.47 bits per heavy atom. The highest BCUT2D eigenvalue weighted by Crippen LogP contribution is 2.37. The maximum atomic E-state index is 13.1. The predicted octanol–water partition coefficient (Wildman–Crippen LogP) is 5.73. The Balaban J connectivity index is 0.789. The van der Waals surface area contributed by atoms with Gasteiger partial charge in [0.25, 0.3) is 0 Å². The number of rotatable bonds is 16. The normalized spacial score (nSPS) is 20.6. The van der Waals surface area contributed by atoms with E-state index in [1.807, 2.05) is 18.2 Å². The average Bonchev–Trinajstić information content (AvgIpc) is 3.74. The van der Waals surface area contributed by atoms with Crippen LogP contribution in [0.5, 0.6) is 0 Å². The van der Waals surface area contributed by atoms with Gasteiger partial charge in [-0.1, -0.05) is 24.3 Å². The van der Waals surface area contributed by atoms with Crippen LogP contribution in [0.3, 0.4) is 0 Å². The number of amides is 2. The molecule has 2 aromatic carbocycles. The lowest BCUT2D eigenvalue weighted by Gasteiger charge is -2.34. The van der Waals surface area contributed by atoms with Crippen LogP contribution >= 0.6 is 0 Å². The standard InChI is InChI=1S/C45H56F3N9O5/c1-53-39-26-30(8-13-37(39)57(44(53)61)38-14-15-40(59)51-42(38)60)6-3-23-62-24-4-18-54-19-21-55(22-20-54)28-31-5-2-7-32(25-31)36-29-56(33-9-11-34(58)12-10-33)41-35(36)27-50-43(52-41)49-17-16-45(46,47)48/h2,5,7-8,13,25-27,29,33-34,38,58H,3-4,6,9-12,14-24,28H2,1H3,(H,49,50,52)(H,51,59,60)/t33?,34?,38-/m0/s1. The Kier molecular flexibility index (Phi) is 13.4. The number of halogens is 3. The molecule has 17 heteroatoms. The van der Waals surface area contributed by atoms with Crippen LogP contribution in [0.1, 0.15) is 81.0 Å². The zero-order valence-electron chi connectivity index (χ0n) is 35.2. The fraction of sp³-hybridized carbons (Fsp3) is 0.533. The van der Waals surface area contributed by atoms with E-state index in [0.717, 1.165) is 99.0 Å². The van der Waals surface area contributed by atoms with Crippen molar-refractivity contribution in [3.8, 4) is 11.1 Å². The van der Waals surface area contributed by atoms with E-state index < -0.39 is 24.5 Å². The van der Waals surface area contributed by atoms with Gasteiger partial charge in [-0.05, 0) is 86.3 Å². The van der Waals surface area contributed by atoms with Crippen LogP contribution in [0.25, 0.3) is 33.2 Å². The van der Waals surface area contributed by atoms with Crippen LogP contribution in [0.15, 0.2) is 59.7 Å². The van der Waals surface area contributed by atoms with Gasteiger partial charge in [0.2, 0.25) is 17.8 Å². The Bertz CT molecular complexity index is 2430. The summed E-state index contributed by atoms with van der Waals surface area (Å²) in [5.41, 5.74) is 6.18. The first kappa shape index (κ1) is 43.5. The lowest BCUT2D eigenvalue weighted by atomic mass is 9.93. The highest BCUT2D eigenvalue weighted by Gasteiger charge is 2.32. The second-order valence-corrected chi connectivity index (χ2v) is 17.0. The number of aliphatic hydroxyl groups is 1. The number of hydrogen-bond acceptors (Lipinski definition) is 10. The zero-order valence-corrected chi connectivity index (χ0v) is 35.2. The SMILES string of the molecule is Cn1c(=O)n([C@H]2CCC(=O)NC2=O)c2ccc(CCCOCCCN3CCN(Cc4cccc(-c5cn(C6CCC(O)CC6)c6nc(NCCC(F)(F)F)ncc56)c4)CC3)cc21. The summed E-state index contributed by atoms with van der Waals surface area (Å²) >= 11 is 0. The van der Waals surface area contributed by atoms with Crippen molar-refractivity contribution in [1.82, 2.24) is 38.8 Å². The number of aliphatic hydroxyl groups excluding tert-OH is 1. The van der Waals surface area contributed by atoms with Crippen molar-refractivity contribution in [3.05, 3.63) is 76.5 Å². The fourth-order valence-corrected chi connectivity index (χ4v) is 9.21. The van der Waals surface area contributed by atoms with Gasteiger partial charge in [-0.15, -0.1) is 0 Å². The molecule has 2 amide bonds. The van der Waals surface area contributed by atoms with Crippen molar-refractivity contribution in [1.29, 1.82) is 0 Å². The van der Waals surface area contributed by atoms with Crippen molar-refractivity contribution in [2.75, 3.05) is 57.8 Å². The first-order valence-electron chi connectivity index (χ1n) is 21.9. The Hall–Kier alpha value is -5.10. The number of aryl methyl sites for hydroxylation is 2. The van der Waals surface area contributed by atoms with Gasteiger partial charge in [0.05, 0.1) is 23.6 Å². The molecule has 3 fully saturated rings. The number of benzene rings is 2. The summed E-state index contributed by atoms with van der Waals surface area (Å²) in [5.74, 6) is -0.575. The van der Waals surface area contributed by atoms with E-state index in [1.165, 1.54) is 10.1 Å². The number of piperazine rings is 1. The van der Waals surface area contributed by atoms with Gasteiger partial charge in [0.15, 0.2) is 0 Å². The lowest BCUT2D eigenvalue weighted by molar-refractivity contribution is -0.136. The summed E-state index contributed by atoms with van der Waals surface area (Å²) in [6.45, 7) is 6.72. The molecule has 3 N–H and O–H groups in total. The smallest absolute Gasteiger partial charge is 0.390 e. The molecule has 5 aromatic rings. The second-order valence-electron chi connectivity index (χ2n) is 17.0. The number of aromatic nitrogens is 5. The largest absolute Gasteiger partial charge is 0.393 e. The van der Waals surface area contributed by atoms with E-state index in [0.29, 0.717) is 43.6 Å². The molecule has 0 radical (unpaired) electrons. The highest BCUT2D eigenvalue weighted by atomic mass is 19.4. The third-order valence-corrected chi connectivity index (χ3v) is 12.6. The first-order chi connectivity index (χ1) is 29.9. The second kappa shape index (κ2) is 19.1. The van der Waals surface area contributed by atoms with Crippen molar-refractivity contribution in [3.63, 3.8) is 0 Å². The summed E-state index contributed by atoms with van der Waals surface area (Å²) in [5, 5.41) is 16.1. The molecular weight excluding hydrogens is 804 g/mol. The van der Waals surface area contributed by atoms with E-state index >= 15 is 0 Å². The minimum absolute atomic E-state index is 0.126. The predicted molar refractivity (Wildman–Crippen MR) is 230 cm³/mol. The van der Waals surface area contributed by atoms with E-state index in [-0.39, 0.29) is 42.7 Å². The molecule has 3 aromatic heterocycles. The van der Waals surface area contributed by atoms with Gasteiger partial charge in [-0.25, -0.2) is 9.78 Å². The number of carbonyl (C=O) groups excluding carboxylic acids is 2. The minimum Gasteiger partial charge on any atom is -0.393 e. The third-order valence-electron chi connectivity index (χ3n) is 12.6. The van der Waals surface area contributed by atoms with Crippen LogP contribution in [0.4, 0.5) is 19.1 Å². The molecule has 8 rings (SSSR count). The zero-order chi connectivity index (χ0) is 43.4. The number of nitrogens with one attached hydrogen (secondary N) is 2. The number of imide groups is 1. The molecule has 1 atom stereocenters. The summed E-state index contributed by atoms with van der Waals surface area (Å²) in [4.78, 5) is 51.3. The van der Waals surface area contributed by atoms with Crippen LogP contribution in [0, 0.1) is 0 Å². The fourth-order valence-electron chi connectivity index (χ4n) is 9.21. The number of hydrogen-bond donors (Lipinski definition) is 3. The molecule has 2 saturated heterocycles. The number of ether oxygens (including phenoxy) is 1. The maximum absolute atomic E-state index is 13.1. The van der Waals surface area contributed by atoms with Crippen molar-refractivity contribution >= 4 is 39.8 Å². The van der Waals surface area contributed by atoms with Crippen LogP contribution < -0.4 is 16.3 Å². The third kappa shape index (κ3) is 10.2. The Labute approximate surface area is 358 Å². The topological polar surface area (TPSA) is 152 Å². The Morgan fingerprint density at radius 1 is 0.919 bits per heavy atom. The van der Waals surface area contributed by atoms with Gasteiger partial charge in [-0.2, -0.15) is 18.2 Å². The highest BCUT2D eigenvalue weighted by molar-refractivity contribution is 6.00. The monoisotopic (exact) mass is 859 g/mol. The average molecular weight is 860 g/mol. The summed E-state index contributed by atoms with van der Waals surface area (Å²) in [6.07, 6.45) is 4.35. The van der Waals surface area contributed by atoms with E-state index in [4.69, 9.17) is 9.72 Å². The van der Waals surface area contributed by atoms with Gasteiger partial charge in [0, 0.05) is 102 Å². The lowest BCUT2D eigenvalue weighted by Crippen LogP contribution is -2.46. The number of imidazole rings is 1. The number of fused-ring (bicyclic) bond motifs is 2. The molecule has 2 aliphatic heterocycles. The van der Waals surface area contributed by atoms with Gasteiger partial charge >= 0.3 is 11.9 Å². The van der Waals surface area contributed by atoms with Crippen LogP contribution in [-0.2, 0) is 34.3 Å². The number of alkyl halides is 3. The van der Waals surface area contributed by atoms with Gasteiger partial charge < -0.3 is 24.6 Å². The van der Waals surface area contributed by atoms with Crippen molar-refractivity contribution in [2.45, 2.75) is 95.1 Å². The summed E-state index contributed by atoms with van der Waals surface area (Å²) < 4.78 is 49.7. The molecule has 1 saturated carbocycles. The van der Waals surface area contributed by atoms with Crippen molar-refractivity contribution < 1.29 is 32.6 Å².